The molecule has 0 unspecified atom stereocenters. The molecule has 0 aromatic carbocycles. The number of thiophene rings is 1. The maximum Gasteiger partial charge on any atom is 0.0471 e. The Labute approximate surface area is 84.4 Å². The highest BCUT2D eigenvalue weighted by Crippen LogP contribution is 2.25. The highest BCUT2D eigenvalue weighted by Gasteiger charge is 2.07. The summed E-state index contributed by atoms with van der Waals surface area (Å²) in [7, 11) is 0. The van der Waals surface area contributed by atoms with Crippen molar-refractivity contribution in [3.05, 3.63) is 15.8 Å². The predicted molar refractivity (Wildman–Crippen MR) is 60.1 cm³/mol. The fraction of sp³-hybridized carbons (Fsp3) is 0.600. The van der Waals surface area contributed by atoms with E-state index in [2.05, 4.69) is 31.7 Å². The fourth-order valence-corrected chi connectivity index (χ4v) is 2.35. The lowest BCUT2D eigenvalue weighted by Gasteiger charge is -2.16. The summed E-state index contributed by atoms with van der Waals surface area (Å²) in [5.74, 6) is 0. The summed E-state index contributed by atoms with van der Waals surface area (Å²) in [5, 5.41) is 0. The van der Waals surface area contributed by atoms with Crippen LogP contribution in [-0.2, 0) is 6.54 Å². The van der Waals surface area contributed by atoms with Crippen LogP contribution in [0.15, 0.2) is 6.07 Å². The van der Waals surface area contributed by atoms with E-state index in [9.17, 15) is 0 Å². The second-order valence-electron chi connectivity index (χ2n) is 3.20. The molecule has 0 atom stereocenters. The van der Waals surface area contributed by atoms with Gasteiger partial charge >= 0.3 is 0 Å². The number of nitrogens with two attached hydrogens (primary N) is 1. The summed E-state index contributed by atoms with van der Waals surface area (Å²) in [6.07, 6.45) is 0. The first-order valence-corrected chi connectivity index (χ1v) is 5.56. The largest absolute Gasteiger partial charge is 0.398 e. The van der Waals surface area contributed by atoms with Crippen LogP contribution >= 0.6 is 11.3 Å². The zero-order chi connectivity index (χ0) is 9.84. The fourth-order valence-electron chi connectivity index (χ4n) is 1.36. The third kappa shape index (κ3) is 2.71. The van der Waals surface area contributed by atoms with E-state index >= 15 is 0 Å². The molecular formula is C10H18N2S. The van der Waals surface area contributed by atoms with E-state index in [0.717, 1.165) is 25.3 Å². The molecule has 0 saturated heterocycles. The summed E-state index contributed by atoms with van der Waals surface area (Å²) in [5.41, 5.74) is 6.84. The summed E-state index contributed by atoms with van der Waals surface area (Å²) >= 11 is 1.81. The number of anilines is 1. The number of hydrogen-bond donors (Lipinski definition) is 1. The number of nitrogens with zero attached hydrogens (tertiary/aromatic N) is 1. The molecule has 1 aromatic rings. The highest BCUT2D eigenvalue weighted by atomic mass is 32.1. The Bertz CT molecular complexity index is 264. The molecular weight excluding hydrogens is 180 g/mol. The van der Waals surface area contributed by atoms with Gasteiger partial charge in [-0.3, -0.25) is 4.90 Å². The van der Waals surface area contributed by atoms with E-state index in [1.165, 1.54) is 9.75 Å². The van der Waals surface area contributed by atoms with E-state index in [4.69, 9.17) is 5.73 Å². The van der Waals surface area contributed by atoms with Gasteiger partial charge in [-0.1, -0.05) is 13.8 Å². The molecule has 0 fully saturated rings. The van der Waals surface area contributed by atoms with Crippen LogP contribution in [0.25, 0.3) is 0 Å². The number of nitrogen functional groups attached to an aromatic ring is 1. The van der Waals surface area contributed by atoms with Crippen molar-refractivity contribution >= 4 is 17.0 Å². The first kappa shape index (κ1) is 10.5. The molecule has 1 aromatic heterocycles. The molecule has 0 spiro atoms. The van der Waals surface area contributed by atoms with Crippen molar-refractivity contribution < 1.29 is 0 Å². The average molecular weight is 198 g/mol. The molecule has 0 radical (unpaired) electrons. The van der Waals surface area contributed by atoms with Crippen molar-refractivity contribution in [2.45, 2.75) is 27.3 Å². The number of rotatable bonds is 4. The number of hydrogen-bond acceptors (Lipinski definition) is 3. The van der Waals surface area contributed by atoms with Gasteiger partial charge in [0, 0.05) is 22.0 Å². The smallest absolute Gasteiger partial charge is 0.0471 e. The Hall–Kier alpha value is -0.540. The van der Waals surface area contributed by atoms with Gasteiger partial charge < -0.3 is 5.73 Å². The van der Waals surface area contributed by atoms with Crippen LogP contribution in [0.3, 0.4) is 0 Å². The van der Waals surface area contributed by atoms with Gasteiger partial charge in [0.1, 0.15) is 0 Å². The van der Waals surface area contributed by atoms with E-state index in [1.54, 1.807) is 11.3 Å². The quantitative estimate of drug-likeness (QED) is 0.805. The van der Waals surface area contributed by atoms with Crippen LogP contribution in [0.4, 0.5) is 5.69 Å². The molecule has 0 aliphatic rings. The minimum absolute atomic E-state index is 0.953. The maximum absolute atomic E-state index is 5.88. The van der Waals surface area contributed by atoms with Crippen LogP contribution in [0.5, 0.6) is 0 Å². The van der Waals surface area contributed by atoms with Crippen molar-refractivity contribution in [2.24, 2.45) is 0 Å². The summed E-state index contributed by atoms with van der Waals surface area (Å²) in [4.78, 5) is 4.99. The van der Waals surface area contributed by atoms with Crippen molar-refractivity contribution in [1.29, 1.82) is 0 Å². The topological polar surface area (TPSA) is 29.3 Å². The molecule has 0 bridgehead atoms. The molecule has 1 heterocycles. The second kappa shape index (κ2) is 4.63. The third-order valence-electron chi connectivity index (χ3n) is 2.23. The minimum Gasteiger partial charge on any atom is -0.398 e. The minimum atomic E-state index is 0.953. The van der Waals surface area contributed by atoms with Gasteiger partial charge in [0.25, 0.3) is 0 Å². The van der Waals surface area contributed by atoms with Gasteiger partial charge in [-0.2, -0.15) is 0 Å². The zero-order valence-corrected chi connectivity index (χ0v) is 9.45. The van der Waals surface area contributed by atoms with Gasteiger partial charge in [0.15, 0.2) is 0 Å². The van der Waals surface area contributed by atoms with Crippen LogP contribution in [0.2, 0.25) is 0 Å². The van der Waals surface area contributed by atoms with Gasteiger partial charge in [-0.15, -0.1) is 11.3 Å². The van der Waals surface area contributed by atoms with Crippen LogP contribution < -0.4 is 5.73 Å². The lowest BCUT2D eigenvalue weighted by atomic mass is 10.3. The Morgan fingerprint density at radius 2 is 2.00 bits per heavy atom. The first-order valence-electron chi connectivity index (χ1n) is 4.74. The molecule has 1 rings (SSSR count). The summed E-state index contributed by atoms with van der Waals surface area (Å²) < 4.78 is 0. The average Bonchev–Trinajstić information content (AvgIpc) is 2.41. The first-order chi connectivity index (χ1) is 6.17. The summed E-state index contributed by atoms with van der Waals surface area (Å²) in [6, 6.07) is 2.06. The van der Waals surface area contributed by atoms with Crippen molar-refractivity contribution in [1.82, 2.24) is 4.90 Å². The van der Waals surface area contributed by atoms with Crippen molar-refractivity contribution in [3.63, 3.8) is 0 Å². The van der Waals surface area contributed by atoms with Crippen LogP contribution in [-0.4, -0.2) is 18.0 Å². The lowest BCUT2D eigenvalue weighted by Crippen LogP contribution is -2.21. The molecule has 3 heteroatoms. The monoisotopic (exact) mass is 198 g/mol. The second-order valence-corrected chi connectivity index (χ2v) is 4.54. The Morgan fingerprint density at radius 3 is 2.38 bits per heavy atom. The van der Waals surface area contributed by atoms with Gasteiger partial charge in [-0.05, 0) is 26.1 Å². The highest BCUT2D eigenvalue weighted by molar-refractivity contribution is 7.12. The van der Waals surface area contributed by atoms with Gasteiger partial charge in [0.05, 0.1) is 0 Å². The molecule has 74 valence electrons. The summed E-state index contributed by atoms with van der Waals surface area (Å²) in [6.45, 7) is 9.64. The van der Waals surface area contributed by atoms with E-state index < -0.39 is 0 Å². The maximum atomic E-state index is 5.88. The standard InChI is InChI=1S/C10H18N2S/c1-4-12(5-2)7-10-9(11)6-8(3)13-10/h6H,4-5,7,11H2,1-3H3. The Morgan fingerprint density at radius 1 is 1.38 bits per heavy atom. The zero-order valence-electron chi connectivity index (χ0n) is 8.63. The Balaban J connectivity index is 2.67. The third-order valence-corrected chi connectivity index (χ3v) is 3.28. The van der Waals surface area contributed by atoms with E-state index in [-0.39, 0.29) is 0 Å². The van der Waals surface area contributed by atoms with Gasteiger partial charge in [-0.25, -0.2) is 0 Å². The van der Waals surface area contributed by atoms with Crippen LogP contribution in [0, 0.1) is 6.92 Å². The van der Waals surface area contributed by atoms with Gasteiger partial charge in [0.2, 0.25) is 0 Å². The molecule has 2 N–H and O–H groups in total. The van der Waals surface area contributed by atoms with E-state index in [1.807, 2.05) is 0 Å². The predicted octanol–water partition coefficient (Wildman–Crippen LogP) is 2.48. The van der Waals surface area contributed by atoms with Crippen molar-refractivity contribution in [2.75, 3.05) is 18.8 Å². The molecule has 13 heavy (non-hydrogen) atoms. The molecule has 2 nitrogen and oxygen atoms in total. The lowest BCUT2D eigenvalue weighted by molar-refractivity contribution is 0.299. The molecule has 0 amide bonds. The number of aryl methyl sites for hydroxylation is 1. The van der Waals surface area contributed by atoms with E-state index in [0.29, 0.717) is 0 Å². The molecule has 0 aliphatic carbocycles. The van der Waals surface area contributed by atoms with Crippen LogP contribution in [0.1, 0.15) is 23.6 Å². The normalized spacial score (nSPS) is 11.1. The molecule has 0 aliphatic heterocycles. The SMILES string of the molecule is CCN(CC)Cc1sc(C)cc1N. The Kier molecular flexibility index (Phi) is 3.75. The molecule has 0 saturated carbocycles. The van der Waals surface area contributed by atoms with Crippen molar-refractivity contribution in [3.8, 4) is 0 Å².